The number of hydrogen-bond acceptors (Lipinski definition) is 8. The number of hydrogen-bond donors (Lipinski definition) is 0. The van der Waals surface area contributed by atoms with Gasteiger partial charge in [0.05, 0.1) is 26.3 Å². The van der Waals surface area contributed by atoms with Gasteiger partial charge in [-0.2, -0.15) is 0 Å². The summed E-state index contributed by atoms with van der Waals surface area (Å²) in [7, 11) is -0.245. The summed E-state index contributed by atoms with van der Waals surface area (Å²) >= 11 is 0.888. The monoisotopic (exact) mass is 425 g/mol. The molecule has 28 heavy (non-hydrogen) atoms. The van der Waals surface area contributed by atoms with E-state index in [9.17, 15) is 13.2 Å². The van der Waals surface area contributed by atoms with Crippen LogP contribution in [0.15, 0.2) is 22.4 Å². The number of methoxy groups -OCH3 is 2. The Morgan fingerprint density at radius 2 is 2.11 bits per heavy atom. The van der Waals surface area contributed by atoms with Gasteiger partial charge in [0.25, 0.3) is 0 Å². The second-order valence-corrected chi connectivity index (χ2v) is 9.72. The molecule has 2 heterocycles. The predicted molar refractivity (Wildman–Crippen MR) is 105 cm³/mol. The van der Waals surface area contributed by atoms with Crippen LogP contribution in [0.25, 0.3) is 0 Å². The Hall–Kier alpha value is -2.20. The summed E-state index contributed by atoms with van der Waals surface area (Å²) in [6.07, 6.45) is 2.90. The number of aromatic nitrogens is 2. The van der Waals surface area contributed by atoms with Crippen molar-refractivity contribution in [2.24, 2.45) is 0 Å². The summed E-state index contributed by atoms with van der Waals surface area (Å²) < 4.78 is 38.6. The predicted octanol–water partition coefficient (Wildman–Crippen LogP) is 1.91. The van der Waals surface area contributed by atoms with Crippen LogP contribution in [0.2, 0.25) is 0 Å². The lowest BCUT2D eigenvalue weighted by atomic mass is 9.95. The van der Waals surface area contributed by atoms with Crippen molar-refractivity contribution in [2.45, 2.75) is 29.4 Å². The van der Waals surface area contributed by atoms with E-state index in [1.165, 1.54) is 0 Å². The zero-order valence-corrected chi connectivity index (χ0v) is 17.7. The molecule has 1 aromatic carbocycles. The van der Waals surface area contributed by atoms with E-state index in [2.05, 4.69) is 9.59 Å². The highest BCUT2D eigenvalue weighted by atomic mass is 32.2. The van der Waals surface area contributed by atoms with Crippen LogP contribution in [-0.4, -0.2) is 62.4 Å². The Labute approximate surface area is 168 Å². The molecule has 0 spiro atoms. The number of carbonyl (C=O) groups is 1. The third kappa shape index (κ3) is 4.44. The molecule has 1 aliphatic rings. The lowest BCUT2D eigenvalue weighted by molar-refractivity contribution is -0.131. The molecule has 0 bridgehead atoms. The fourth-order valence-electron chi connectivity index (χ4n) is 3.42. The molecule has 3 rings (SSSR count). The molecule has 1 saturated heterocycles. The minimum absolute atomic E-state index is 0.0413. The van der Waals surface area contributed by atoms with E-state index in [4.69, 9.17) is 9.47 Å². The number of rotatable bonds is 6. The molecular weight excluding hydrogens is 402 g/mol. The Balaban J connectivity index is 1.76. The van der Waals surface area contributed by atoms with Crippen LogP contribution in [-0.2, 0) is 21.1 Å². The van der Waals surface area contributed by atoms with Gasteiger partial charge in [-0.1, -0.05) is 4.49 Å². The van der Waals surface area contributed by atoms with Crippen LogP contribution in [0.5, 0.6) is 11.5 Å². The van der Waals surface area contributed by atoms with Crippen LogP contribution >= 0.6 is 11.5 Å². The molecule has 0 N–H and O–H groups in total. The van der Waals surface area contributed by atoms with Gasteiger partial charge in [0.2, 0.25) is 5.91 Å². The largest absolute Gasteiger partial charge is 0.497 e. The molecule has 0 unspecified atom stereocenters. The second kappa shape index (κ2) is 8.44. The van der Waals surface area contributed by atoms with Crippen LogP contribution in [0.3, 0.4) is 0 Å². The lowest BCUT2D eigenvalue weighted by Crippen LogP contribution is -2.40. The van der Waals surface area contributed by atoms with Gasteiger partial charge in [0, 0.05) is 42.4 Å². The van der Waals surface area contributed by atoms with E-state index < -0.39 is 9.84 Å². The first kappa shape index (κ1) is 20.5. The molecule has 8 nitrogen and oxygen atoms in total. The smallest absolute Gasteiger partial charge is 0.227 e. The average Bonchev–Trinajstić information content (AvgIpc) is 3.18. The van der Waals surface area contributed by atoms with Gasteiger partial charge in [-0.3, -0.25) is 4.79 Å². The zero-order chi connectivity index (χ0) is 20.3. The molecule has 1 aliphatic heterocycles. The van der Waals surface area contributed by atoms with Gasteiger partial charge in [-0.25, -0.2) is 8.42 Å². The molecule has 0 aliphatic carbocycles. The van der Waals surface area contributed by atoms with Crippen molar-refractivity contribution in [3.8, 4) is 11.5 Å². The van der Waals surface area contributed by atoms with Crippen molar-refractivity contribution in [2.75, 3.05) is 33.6 Å². The van der Waals surface area contributed by atoms with E-state index in [1.54, 1.807) is 37.3 Å². The van der Waals surface area contributed by atoms with Gasteiger partial charge >= 0.3 is 0 Å². The Morgan fingerprint density at radius 3 is 2.79 bits per heavy atom. The number of nitrogens with zero attached hydrogens (tertiary/aromatic N) is 3. The summed E-state index contributed by atoms with van der Waals surface area (Å²) in [6, 6.07) is 5.36. The van der Waals surface area contributed by atoms with Gasteiger partial charge in [0.15, 0.2) is 14.0 Å². The van der Waals surface area contributed by atoms with Crippen LogP contribution in [0.4, 0.5) is 0 Å². The summed E-state index contributed by atoms with van der Waals surface area (Å²) in [4.78, 5) is 14.7. The van der Waals surface area contributed by atoms with Crippen LogP contribution < -0.4 is 9.47 Å². The Kier molecular flexibility index (Phi) is 6.19. The second-order valence-electron chi connectivity index (χ2n) is 6.75. The molecule has 1 atom stereocenters. The van der Waals surface area contributed by atoms with Crippen LogP contribution in [0.1, 0.15) is 30.0 Å². The first-order valence-corrected chi connectivity index (χ1v) is 11.5. The van der Waals surface area contributed by atoms with E-state index in [0.29, 0.717) is 30.3 Å². The van der Waals surface area contributed by atoms with Crippen molar-refractivity contribution in [1.82, 2.24) is 14.5 Å². The topological polar surface area (TPSA) is 98.7 Å². The number of amides is 1. The minimum Gasteiger partial charge on any atom is -0.497 e. The van der Waals surface area contributed by atoms with Crippen LogP contribution in [0, 0.1) is 0 Å². The van der Waals surface area contributed by atoms with E-state index in [-0.39, 0.29) is 22.5 Å². The SMILES string of the molecule is COc1ccc(OC)c(CC(=O)N2CCC[C@@H](c3nnsc3S(C)(=O)=O)C2)c1. The molecule has 1 aromatic heterocycles. The van der Waals surface area contributed by atoms with Crippen molar-refractivity contribution in [3.63, 3.8) is 0 Å². The Morgan fingerprint density at radius 1 is 1.32 bits per heavy atom. The summed E-state index contributed by atoms with van der Waals surface area (Å²) in [5.74, 6) is 1.12. The fraction of sp³-hybridized carbons (Fsp3) is 0.500. The highest BCUT2D eigenvalue weighted by Crippen LogP contribution is 2.32. The van der Waals surface area contributed by atoms with Gasteiger partial charge < -0.3 is 14.4 Å². The Bertz CT molecular complexity index is 958. The third-order valence-electron chi connectivity index (χ3n) is 4.81. The zero-order valence-electron chi connectivity index (χ0n) is 16.0. The maximum absolute atomic E-state index is 12.9. The number of likely N-dealkylation sites (tertiary alicyclic amines) is 1. The molecule has 0 saturated carbocycles. The normalized spacial score (nSPS) is 17.4. The van der Waals surface area contributed by atoms with Gasteiger partial charge in [-0.05, 0) is 31.0 Å². The number of piperidine rings is 1. The minimum atomic E-state index is -3.38. The molecule has 0 radical (unpaired) electrons. The van der Waals surface area contributed by atoms with Gasteiger partial charge in [0.1, 0.15) is 11.5 Å². The van der Waals surface area contributed by atoms with E-state index >= 15 is 0 Å². The first-order chi connectivity index (χ1) is 13.3. The maximum atomic E-state index is 12.9. The molecule has 1 fully saturated rings. The summed E-state index contributed by atoms with van der Waals surface area (Å²) in [5.41, 5.74) is 1.23. The molecule has 1 amide bonds. The number of benzene rings is 1. The number of carbonyl (C=O) groups excluding carboxylic acids is 1. The van der Waals surface area contributed by atoms with Gasteiger partial charge in [-0.15, -0.1) is 5.10 Å². The van der Waals surface area contributed by atoms with Crippen molar-refractivity contribution < 1.29 is 22.7 Å². The third-order valence-corrected chi connectivity index (χ3v) is 7.36. The van der Waals surface area contributed by atoms with Crippen molar-refractivity contribution >= 4 is 27.3 Å². The molecule has 2 aromatic rings. The van der Waals surface area contributed by atoms with E-state index in [1.807, 2.05) is 0 Å². The summed E-state index contributed by atoms with van der Waals surface area (Å²) in [6.45, 7) is 1.06. The average molecular weight is 426 g/mol. The van der Waals surface area contributed by atoms with Crippen molar-refractivity contribution in [1.29, 1.82) is 0 Å². The summed E-state index contributed by atoms with van der Waals surface area (Å²) in [5, 5.41) is 4.05. The fourth-order valence-corrected chi connectivity index (χ4v) is 5.15. The maximum Gasteiger partial charge on any atom is 0.227 e. The standard InChI is InChI=1S/C18H23N3O5S2/c1-25-14-6-7-15(26-2)13(9-14)10-16(22)21-8-4-5-12(11-21)17-18(27-20-19-17)28(3,23)24/h6-7,9,12H,4-5,8,10-11H2,1-3H3/t12-/m1/s1. The first-order valence-electron chi connectivity index (χ1n) is 8.84. The molecule has 10 heteroatoms. The quantitative estimate of drug-likeness (QED) is 0.697. The molecular formula is C18H23N3O5S2. The molecule has 152 valence electrons. The number of sulfone groups is 1. The lowest BCUT2D eigenvalue weighted by Gasteiger charge is -2.32. The van der Waals surface area contributed by atoms with E-state index in [0.717, 1.165) is 36.2 Å². The highest BCUT2D eigenvalue weighted by molar-refractivity contribution is 7.92. The number of ether oxygens (including phenoxy) is 2. The van der Waals surface area contributed by atoms with Crippen molar-refractivity contribution in [3.05, 3.63) is 29.5 Å². The highest BCUT2D eigenvalue weighted by Gasteiger charge is 2.31.